The minimum atomic E-state index is -0.472. The van der Waals surface area contributed by atoms with Gasteiger partial charge in [0, 0.05) is 23.3 Å². The number of fused-ring (bicyclic) bond motifs is 3. The number of allylic oxidation sites excluding steroid dienone is 2. The molecule has 6 nitrogen and oxygen atoms in total. The van der Waals surface area contributed by atoms with Crippen molar-refractivity contribution in [3.05, 3.63) is 53.3 Å². The minimum Gasteiger partial charge on any atom is -0.469 e. The van der Waals surface area contributed by atoms with E-state index in [1.807, 2.05) is 0 Å². The number of pyridine rings is 1. The largest absolute Gasteiger partial charge is 0.469 e. The number of halogens is 2. The molecule has 3 heterocycles. The van der Waals surface area contributed by atoms with Gasteiger partial charge in [-0.3, -0.25) is 4.79 Å². The number of hydrogen-bond donors (Lipinski definition) is 1. The summed E-state index contributed by atoms with van der Waals surface area (Å²) in [7, 11) is 1.40. The van der Waals surface area contributed by atoms with Crippen molar-refractivity contribution in [3.63, 3.8) is 0 Å². The zero-order chi connectivity index (χ0) is 20.1. The smallest absolute Gasteiger partial charge is 0.309 e. The normalized spacial score (nSPS) is 25.1. The molecule has 3 unspecified atom stereocenters. The van der Waals surface area contributed by atoms with E-state index in [0.29, 0.717) is 34.2 Å². The van der Waals surface area contributed by atoms with Crippen molar-refractivity contribution in [1.29, 1.82) is 0 Å². The van der Waals surface area contributed by atoms with Crippen LogP contribution < -0.4 is 0 Å². The van der Waals surface area contributed by atoms with Crippen molar-refractivity contribution in [2.75, 3.05) is 7.11 Å². The van der Waals surface area contributed by atoms with Gasteiger partial charge in [0.15, 0.2) is 11.6 Å². The summed E-state index contributed by atoms with van der Waals surface area (Å²) in [6, 6.07) is 1.77. The molecule has 0 radical (unpaired) electrons. The third kappa shape index (κ3) is 3.00. The predicted molar refractivity (Wildman–Crippen MR) is 106 cm³/mol. The Kier molecular flexibility index (Phi) is 4.35. The molecule has 5 rings (SSSR count). The fourth-order valence-electron chi connectivity index (χ4n) is 4.75. The number of carbonyl (C=O) groups excluding carboxylic acids is 1. The van der Waals surface area contributed by atoms with Gasteiger partial charge in [-0.2, -0.15) is 0 Å². The molecular weight excluding hydrogens is 395 g/mol. The number of hydrogen-bond acceptors (Lipinski definition) is 5. The van der Waals surface area contributed by atoms with Crippen LogP contribution in [0.5, 0.6) is 0 Å². The maximum Gasteiger partial charge on any atom is 0.309 e. The van der Waals surface area contributed by atoms with Crippen molar-refractivity contribution in [3.8, 4) is 11.4 Å². The number of esters is 1. The topological polar surface area (TPSA) is 80.8 Å². The molecule has 0 amide bonds. The number of aromatic nitrogens is 4. The van der Waals surface area contributed by atoms with Gasteiger partial charge in [0.25, 0.3) is 0 Å². The molecule has 4 atom stereocenters. The highest BCUT2D eigenvalue weighted by molar-refractivity contribution is 6.31. The van der Waals surface area contributed by atoms with E-state index >= 15 is 0 Å². The highest BCUT2D eigenvalue weighted by atomic mass is 35.5. The van der Waals surface area contributed by atoms with Crippen LogP contribution in [0, 0.1) is 29.5 Å². The number of nitrogens with one attached hydrogen (secondary N) is 1. The zero-order valence-corrected chi connectivity index (χ0v) is 16.4. The molecule has 148 valence electrons. The molecule has 3 aromatic heterocycles. The maximum absolute atomic E-state index is 14.6. The fraction of sp³-hybridized carbons (Fsp3) is 0.333. The van der Waals surface area contributed by atoms with Crippen LogP contribution in [-0.4, -0.2) is 33.0 Å². The van der Waals surface area contributed by atoms with E-state index in [4.69, 9.17) is 16.3 Å². The monoisotopic (exact) mass is 412 g/mol. The second-order valence-electron chi connectivity index (χ2n) is 7.61. The van der Waals surface area contributed by atoms with Gasteiger partial charge in [-0.25, -0.2) is 19.3 Å². The van der Waals surface area contributed by atoms with Crippen molar-refractivity contribution < 1.29 is 13.9 Å². The van der Waals surface area contributed by atoms with Gasteiger partial charge in [0.05, 0.1) is 29.9 Å². The lowest BCUT2D eigenvalue weighted by Gasteiger charge is -2.25. The van der Waals surface area contributed by atoms with Crippen LogP contribution in [0.4, 0.5) is 4.39 Å². The number of methoxy groups -OCH3 is 1. The lowest BCUT2D eigenvalue weighted by molar-refractivity contribution is -0.148. The van der Waals surface area contributed by atoms with Crippen LogP contribution in [0.3, 0.4) is 0 Å². The molecule has 2 aliphatic carbocycles. The Balaban J connectivity index is 1.51. The van der Waals surface area contributed by atoms with Gasteiger partial charge in [0.1, 0.15) is 5.65 Å². The zero-order valence-electron chi connectivity index (χ0n) is 15.6. The van der Waals surface area contributed by atoms with Crippen molar-refractivity contribution in [2.45, 2.75) is 12.8 Å². The van der Waals surface area contributed by atoms with Crippen LogP contribution in [-0.2, 0) is 16.0 Å². The first-order valence-corrected chi connectivity index (χ1v) is 9.83. The minimum absolute atomic E-state index is 0.0335. The van der Waals surface area contributed by atoms with Gasteiger partial charge in [-0.05, 0) is 36.7 Å². The average Bonchev–Trinajstić information content (AvgIpc) is 3.43. The van der Waals surface area contributed by atoms with Crippen molar-refractivity contribution in [2.24, 2.45) is 23.7 Å². The number of aromatic amines is 1. The first-order valence-electron chi connectivity index (χ1n) is 9.45. The number of ether oxygens (including phenoxy) is 1. The summed E-state index contributed by atoms with van der Waals surface area (Å²) < 4.78 is 19.6. The second-order valence-corrected chi connectivity index (χ2v) is 8.04. The van der Waals surface area contributed by atoms with Gasteiger partial charge >= 0.3 is 5.97 Å². The molecule has 1 fully saturated rings. The van der Waals surface area contributed by atoms with Crippen LogP contribution in [0.15, 0.2) is 36.8 Å². The first kappa shape index (κ1) is 18.2. The van der Waals surface area contributed by atoms with Gasteiger partial charge < -0.3 is 9.72 Å². The summed E-state index contributed by atoms with van der Waals surface area (Å²) in [6.45, 7) is 0. The molecule has 1 N–H and O–H groups in total. The second kappa shape index (κ2) is 6.91. The molecule has 2 bridgehead atoms. The molecule has 29 heavy (non-hydrogen) atoms. The molecule has 2 aliphatic rings. The third-order valence-corrected chi connectivity index (χ3v) is 6.29. The molecule has 0 aliphatic heterocycles. The van der Waals surface area contributed by atoms with E-state index in [2.05, 4.69) is 32.1 Å². The molecule has 0 aromatic carbocycles. The van der Waals surface area contributed by atoms with Gasteiger partial charge in [-0.15, -0.1) is 0 Å². The number of rotatable bonds is 4. The average molecular weight is 413 g/mol. The van der Waals surface area contributed by atoms with E-state index in [1.54, 1.807) is 18.5 Å². The van der Waals surface area contributed by atoms with Crippen molar-refractivity contribution in [1.82, 2.24) is 19.9 Å². The highest BCUT2D eigenvalue weighted by Gasteiger charge is 2.48. The Hall–Kier alpha value is -2.80. The Morgan fingerprint density at radius 3 is 2.97 bits per heavy atom. The summed E-state index contributed by atoms with van der Waals surface area (Å²) in [5, 5.41) is 1.26. The first-order chi connectivity index (χ1) is 14.0. The van der Waals surface area contributed by atoms with E-state index < -0.39 is 5.82 Å². The molecule has 1 saturated carbocycles. The van der Waals surface area contributed by atoms with Crippen LogP contribution in [0.2, 0.25) is 5.02 Å². The van der Waals surface area contributed by atoms with Crippen LogP contribution in [0.1, 0.15) is 12.1 Å². The number of H-pyrrole nitrogens is 1. The molecule has 3 aromatic rings. The Labute approximate surface area is 171 Å². The summed E-state index contributed by atoms with van der Waals surface area (Å²) in [5.41, 5.74) is 1.66. The fourth-order valence-corrected chi connectivity index (χ4v) is 4.91. The lowest BCUT2D eigenvalue weighted by atomic mass is 9.80. The van der Waals surface area contributed by atoms with Crippen molar-refractivity contribution >= 4 is 28.6 Å². The van der Waals surface area contributed by atoms with E-state index in [1.165, 1.54) is 13.3 Å². The molecule has 0 saturated heterocycles. The Morgan fingerprint density at radius 1 is 1.31 bits per heavy atom. The highest BCUT2D eigenvalue weighted by Crippen LogP contribution is 2.49. The lowest BCUT2D eigenvalue weighted by Crippen LogP contribution is -2.30. The number of nitrogens with zero attached hydrogens (tertiary/aromatic N) is 3. The van der Waals surface area contributed by atoms with Gasteiger partial charge in [0.2, 0.25) is 0 Å². The SMILES string of the molecule is COC(=O)[C@H]1C2C=CC(C2)C1Cc1nc(-c2c[nH]c3ncc(Cl)cc23)ncc1F. The standard InChI is InChI=1S/C21H18ClFN4O2/c1-29-21(28)18-11-3-2-10(4-11)13(18)6-17-16(23)9-26-20(27-17)15-8-25-19-14(15)5-12(22)7-24-19/h2-3,5,7-11,13,18H,4,6H2,1H3,(H,24,25)/t10?,11?,13?,18-/m0/s1. The molecule has 8 heteroatoms. The Morgan fingerprint density at radius 2 is 2.14 bits per heavy atom. The molecule has 0 spiro atoms. The predicted octanol–water partition coefficient (Wildman–Crippen LogP) is 3.97. The summed E-state index contributed by atoms with van der Waals surface area (Å²) in [4.78, 5) is 28.3. The molecular formula is C21H18ClFN4O2. The third-order valence-electron chi connectivity index (χ3n) is 6.08. The van der Waals surface area contributed by atoms with Gasteiger partial charge in [-0.1, -0.05) is 23.8 Å². The Bertz CT molecular complexity index is 1140. The number of carbonyl (C=O) groups is 1. The maximum atomic E-state index is 14.6. The van der Waals surface area contributed by atoms with Crippen LogP contribution in [0.25, 0.3) is 22.4 Å². The quantitative estimate of drug-likeness (QED) is 0.518. The summed E-state index contributed by atoms with van der Waals surface area (Å²) >= 11 is 6.07. The van der Waals surface area contributed by atoms with E-state index in [-0.39, 0.29) is 29.6 Å². The van der Waals surface area contributed by atoms with E-state index in [0.717, 1.165) is 11.8 Å². The summed E-state index contributed by atoms with van der Waals surface area (Å²) in [5.74, 6) is -0.219. The summed E-state index contributed by atoms with van der Waals surface area (Å²) in [6.07, 6.45) is 9.93. The van der Waals surface area contributed by atoms with Crippen LogP contribution >= 0.6 is 11.6 Å². The van der Waals surface area contributed by atoms with E-state index in [9.17, 15) is 9.18 Å².